The first-order valence-electron chi connectivity index (χ1n) is 10.0. The Hall–Kier alpha value is -2.58. The Morgan fingerprint density at radius 1 is 1.23 bits per heavy atom. The molecule has 8 heteroatoms. The average Bonchev–Trinajstić information content (AvgIpc) is 3.54. The average molecular weight is 441 g/mol. The minimum Gasteiger partial charge on any atom is -0.359 e. The Morgan fingerprint density at radius 3 is 2.70 bits per heavy atom. The van der Waals surface area contributed by atoms with Crippen molar-refractivity contribution in [1.82, 2.24) is 19.8 Å². The molecule has 30 heavy (non-hydrogen) atoms. The number of benzene rings is 1. The maximum absolute atomic E-state index is 13.0. The van der Waals surface area contributed by atoms with Crippen LogP contribution in [0.3, 0.4) is 0 Å². The summed E-state index contributed by atoms with van der Waals surface area (Å²) in [5.74, 6) is -0.0843. The van der Waals surface area contributed by atoms with E-state index in [1.807, 2.05) is 13.0 Å². The number of aromatic nitrogens is 2. The lowest BCUT2D eigenvalue weighted by Gasteiger charge is -2.27. The van der Waals surface area contributed by atoms with Crippen molar-refractivity contribution in [3.8, 4) is 10.4 Å². The van der Waals surface area contributed by atoms with Crippen molar-refractivity contribution in [1.29, 1.82) is 0 Å². The zero-order valence-electron chi connectivity index (χ0n) is 17.1. The van der Waals surface area contributed by atoms with E-state index in [1.54, 1.807) is 23.3 Å². The number of amides is 2. The summed E-state index contributed by atoms with van der Waals surface area (Å²) in [4.78, 5) is 29.5. The van der Waals surface area contributed by atoms with Crippen LogP contribution in [-0.4, -0.2) is 46.4 Å². The molecule has 1 saturated heterocycles. The number of carbonyl (C=O) groups is 2. The van der Waals surface area contributed by atoms with Gasteiger partial charge in [-0.05, 0) is 53.4 Å². The number of hydrogen-bond donors (Lipinski definition) is 1. The molecule has 6 nitrogen and oxygen atoms in total. The Morgan fingerprint density at radius 2 is 2.03 bits per heavy atom. The molecule has 1 aliphatic rings. The molecule has 0 spiro atoms. The zero-order chi connectivity index (χ0) is 21.1. The number of nitrogens with one attached hydrogen (secondary N) is 1. The van der Waals surface area contributed by atoms with Gasteiger partial charge >= 0.3 is 0 Å². The highest BCUT2D eigenvalue weighted by Crippen LogP contribution is 2.36. The Bertz CT molecular complexity index is 1030. The molecule has 156 valence electrons. The van der Waals surface area contributed by atoms with Crippen molar-refractivity contribution in [3.05, 3.63) is 57.9 Å². The van der Waals surface area contributed by atoms with Crippen molar-refractivity contribution in [3.63, 3.8) is 0 Å². The van der Waals surface area contributed by atoms with Gasteiger partial charge in [-0.3, -0.25) is 9.59 Å². The van der Waals surface area contributed by atoms with Gasteiger partial charge in [-0.2, -0.15) is 0 Å². The van der Waals surface area contributed by atoms with E-state index in [2.05, 4.69) is 50.6 Å². The van der Waals surface area contributed by atoms with Crippen molar-refractivity contribution in [2.75, 3.05) is 20.1 Å². The summed E-state index contributed by atoms with van der Waals surface area (Å²) in [6, 6.07) is 12.5. The van der Waals surface area contributed by atoms with E-state index in [-0.39, 0.29) is 11.8 Å². The Kier molecular flexibility index (Phi) is 5.97. The minimum absolute atomic E-state index is 0.0155. The topological polar surface area (TPSA) is 75.2 Å². The maximum atomic E-state index is 13.0. The van der Waals surface area contributed by atoms with Gasteiger partial charge in [0, 0.05) is 25.0 Å². The molecule has 0 aliphatic carbocycles. The van der Waals surface area contributed by atoms with Crippen LogP contribution in [0.5, 0.6) is 0 Å². The van der Waals surface area contributed by atoms with E-state index < -0.39 is 5.41 Å². The molecule has 4 rings (SSSR count). The van der Waals surface area contributed by atoms with Crippen LogP contribution in [0, 0.1) is 5.41 Å². The quantitative estimate of drug-likeness (QED) is 0.635. The van der Waals surface area contributed by atoms with Gasteiger partial charge in [0.05, 0.1) is 11.1 Å². The zero-order valence-corrected chi connectivity index (χ0v) is 18.7. The number of rotatable bonds is 6. The summed E-state index contributed by atoms with van der Waals surface area (Å²) in [5.41, 5.74) is 2.38. The van der Waals surface area contributed by atoms with E-state index in [4.69, 9.17) is 0 Å². The molecule has 0 saturated carbocycles. The first-order chi connectivity index (χ1) is 14.6. The Labute approximate surface area is 184 Å². The minimum atomic E-state index is -0.626. The van der Waals surface area contributed by atoms with Gasteiger partial charge < -0.3 is 10.2 Å². The molecule has 2 aromatic heterocycles. The lowest BCUT2D eigenvalue weighted by atomic mass is 9.79. The SMILES string of the molecule is CCc1nnsc1C(=O)N1CC[C@@](Cc2ccc(-c3cccs3)cc2)(C(=O)NC)C1. The largest absolute Gasteiger partial charge is 0.359 e. The fourth-order valence-electron chi connectivity index (χ4n) is 4.09. The predicted octanol–water partition coefficient (Wildman–Crippen LogP) is 3.65. The third-order valence-electron chi connectivity index (χ3n) is 5.74. The normalized spacial score (nSPS) is 18.5. The highest BCUT2D eigenvalue weighted by atomic mass is 32.1. The van der Waals surface area contributed by atoms with E-state index in [0.29, 0.717) is 37.2 Å². The smallest absolute Gasteiger partial charge is 0.267 e. The molecule has 1 atom stereocenters. The van der Waals surface area contributed by atoms with Gasteiger partial charge in [-0.15, -0.1) is 16.4 Å². The second-order valence-corrected chi connectivity index (χ2v) is 9.29. The van der Waals surface area contributed by atoms with Crippen molar-refractivity contribution >= 4 is 34.7 Å². The van der Waals surface area contributed by atoms with Crippen molar-refractivity contribution in [2.24, 2.45) is 5.41 Å². The second-order valence-electron chi connectivity index (χ2n) is 7.59. The first-order valence-corrected chi connectivity index (χ1v) is 11.7. The number of likely N-dealkylation sites (tertiary alicyclic amines) is 1. The summed E-state index contributed by atoms with van der Waals surface area (Å²) >= 11 is 2.85. The van der Waals surface area contributed by atoms with Crippen LogP contribution in [0.1, 0.15) is 34.3 Å². The van der Waals surface area contributed by atoms with Crippen LogP contribution < -0.4 is 5.32 Å². The summed E-state index contributed by atoms with van der Waals surface area (Å²) in [5, 5.41) is 8.94. The van der Waals surface area contributed by atoms with Gasteiger partial charge in [-0.25, -0.2) is 0 Å². The lowest BCUT2D eigenvalue weighted by molar-refractivity contribution is -0.129. The molecule has 1 aliphatic heterocycles. The van der Waals surface area contributed by atoms with Crippen LogP contribution in [-0.2, 0) is 17.6 Å². The molecule has 0 bridgehead atoms. The monoisotopic (exact) mass is 440 g/mol. The number of nitrogens with zero attached hydrogens (tertiary/aromatic N) is 3. The maximum Gasteiger partial charge on any atom is 0.267 e. The molecule has 2 amide bonds. The van der Waals surface area contributed by atoms with Crippen LogP contribution >= 0.6 is 22.9 Å². The molecule has 3 aromatic rings. The van der Waals surface area contributed by atoms with E-state index >= 15 is 0 Å². The number of thiophene rings is 1. The highest BCUT2D eigenvalue weighted by molar-refractivity contribution is 7.13. The predicted molar refractivity (Wildman–Crippen MR) is 120 cm³/mol. The Balaban J connectivity index is 1.54. The summed E-state index contributed by atoms with van der Waals surface area (Å²) < 4.78 is 3.94. The fraction of sp³-hybridized carbons (Fsp3) is 0.364. The molecule has 0 unspecified atom stereocenters. The van der Waals surface area contributed by atoms with E-state index in [1.165, 1.54) is 10.4 Å². The summed E-state index contributed by atoms with van der Waals surface area (Å²) in [6.45, 7) is 2.92. The highest BCUT2D eigenvalue weighted by Gasteiger charge is 2.46. The van der Waals surface area contributed by atoms with Gasteiger partial charge in [0.1, 0.15) is 4.88 Å². The van der Waals surface area contributed by atoms with Crippen LogP contribution in [0.25, 0.3) is 10.4 Å². The molecule has 1 aromatic carbocycles. The van der Waals surface area contributed by atoms with Crippen LogP contribution in [0.4, 0.5) is 0 Å². The van der Waals surface area contributed by atoms with Crippen molar-refractivity contribution < 1.29 is 9.59 Å². The van der Waals surface area contributed by atoms with E-state index in [9.17, 15) is 9.59 Å². The molecule has 1 fully saturated rings. The van der Waals surface area contributed by atoms with E-state index in [0.717, 1.165) is 22.8 Å². The third kappa shape index (κ3) is 3.89. The molecule has 1 N–H and O–H groups in total. The van der Waals surface area contributed by atoms with Gasteiger partial charge in [0.15, 0.2) is 0 Å². The third-order valence-corrected chi connectivity index (χ3v) is 7.41. The van der Waals surface area contributed by atoms with Crippen molar-refractivity contribution in [2.45, 2.75) is 26.2 Å². The summed E-state index contributed by atoms with van der Waals surface area (Å²) in [6.07, 6.45) is 1.91. The van der Waals surface area contributed by atoms with Gasteiger partial charge in [0.25, 0.3) is 5.91 Å². The first kappa shape index (κ1) is 20.7. The van der Waals surface area contributed by atoms with Crippen LogP contribution in [0.2, 0.25) is 0 Å². The van der Waals surface area contributed by atoms with Gasteiger partial charge in [-0.1, -0.05) is 41.7 Å². The molecule has 0 radical (unpaired) electrons. The number of carbonyl (C=O) groups excluding carboxylic acids is 2. The number of aryl methyl sites for hydroxylation is 1. The standard InChI is InChI=1S/C22H24N4O2S2/c1-3-17-19(30-25-24-17)20(27)26-11-10-22(14-26,21(28)23-2)13-15-6-8-16(9-7-15)18-5-4-12-29-18/h4-9,12H,3,10-11,13-14H2,1-2H3,(H,23,28)/t22-/m0/s1. The van der Waals surface area contributed by atoms with Gasteiger partial charge in [0.2, 0.25) is 5.91 Å². The molecule has 3 heterocycles. The second kappa shape index (κ2) is 8.65. The lowest BCUT2D eigenvalue weighted by Crippen LogP contribution is -2.44. The number of hydrogen-bond acceptors (Lipinski definition) is 6. The molecular formula is C22H24N4O2S2. The fourth-order valence-corrected chi connectivity index (χ4v) is 5.54. The summed E-state index contributed by atoms with van der Waals surface area (Å²) in [7, 11) is 1.66. The molecular weight excluding hydrogens is 416 g/mol. The van der Waals surface area contributed by atoms with Crippen LogP contribution in [0.15, 0.2) is 41.8 Å².